The van der Waals surface area contributed by atoms with E-state index in [1.54, 1.807) is 12.1 Å². The standard InChI is InChI=1S/C17H25NO2S/c1-3-4-7-15-8-5-6-9-17(15)18-21(19,20)16-12-10-14(2)11-13-16/h8,10-13,17-18H,3-7,9H2,1-2H3. The summed E-state index contributed by atoms with van der Waals surface area (Å²) in [5.41, 5.74) is 2.33. The minimum atomic E-state index is -3.43. The van der Waals surface area contributed by atoms with E-state index in [9.17, 15) is 8.42 Å². The number of aryl methyl sites for hydroxylation is 1. The van der Waals surface area contributed by atoms with Crippen LogP contribution in [0.5, 0.6) is 0 Å². The smallest absolute Gasteiger partial charge is 0.207 e. The number of allylic oxidation sites excluding steroid dienone is 1. The SMILES string of the molecule is CCCCC1=CCCCC1NS(=O)(=O)c1ccc(C)cc1. The van der Waals surface area contributed by atoms with Crippen LogP contribution in [0.2, 0.25) is 0 Å². The molecular weight excluding hydrogens is 282 g/mol. The molecule has 1 N–H and O–H groups in total. The van der Waals surface area contributed by atoms with Gasteiger partial charge >= 0.3 is 0 Å². The highest BCUT2D eigenvalue weighted by molar-refractivity contribution is 7.89. The zero-order valence-electron chi connectivity index (χ0n) is 12.9. The van der Waals surface area contributed by atoms with Gasteiger partial charge in [0.1, 0.15) is 0 Å². The molecule has 0 aliphatic heterocycles. The molecule has 0 spiro atoms. The lowest BCUT2D eigenvalue weighted by molar-refractivity contribution is 0.521. The van der Waals surface area contributed by atoms with E-state index in [0.29, 0.717) is 4.90 Å². The molecule has 0 amide bonds. The first kappa shape index (κ1) is 16.2. The summed E-state index contributed by atoms with van der Waals surface area (Å²) in [6, 6.07) is 7.00. The third kappa shape index (κ3) is 4.42. The van der Waals surface area contributed by atoms with Gasteiger partial charge in [-0.1, -0.05) is 42.7 Å². The zero-order valence-corrected chi connectivity index (χ0v) is 13.7. The van der Waals surface area contributed by atoms with Crippen LogP contribution in [0.15, 0.2) is 40.8 Å². The third-order valence-corrected chi connectivity index (χ3v) is 5.49. The predicted molar refractivity (Wildman–Crippen MR) is 86.7 cm³/mol. The van der Waals surface area contributed by atoms with Gasteiger partial charge in [-0.25, -0.2) is 13.1 Å². The quantitative estimate of drug-likeness (QED) is 0.809. The molecule has 0 radical (unpaired) electrons. The Balaban J connectivity index is 2.13. The average Bonchev–Trinajstić information content (AvgIpc) is 2.46. The van der Waals surface area contributed by atoms with Crippen LogP contribution in [-0.2, 0) is 10.0 Å². The molecule has 4 heteroatoms. The number of unbranched alkanes of at least 4 members (excludes halogenated alkanes) is 1. The molecule has 0 bridgehead atoms. The first-order valence-electron chi connectivity index (χ1n) is 7.81. The number of hydrogen-bond acceptors (Lipinski definition) is 2. The Labute approximate surface area is 128 Å². The van der Waals surface area contributed by atoms with E-state index in [0.717, 1.165) is 44.1 Å². The van der Waals surface area contributed by atoms with E-state index in [-0.39, 0.29) is 6.04 Å². The molecule has 0 fully saturated rings. The Hall–Kier alpha value is -1.13. The van der Waals surface area contributed by atoms with Gasteiger partial charge in [0.2, 0.25) is 10.0 Å². The lowest BCUT2D eigenvalue weighted by Gasteiger charge is -2.25. The second kappa shape index (κ2) is 7.23. The first-order chi connectivity index (χ1) is 10.0. The van der Waals surface area contributed by atoms with Gasteiger partial charge in [-0.3, -0.25) is 0 Å². The van der Waals surface area contributed by atoms with Crippen molar-refractivity contribution in [2.24, 2.45) is 0 Å². The Kier molecular flexibility index (Phi) is 5.59. The highest BCUT2D eigenvalue weighted by Crippen LogP contribution is 2.24. The van der Waals surface area contributed by atoms with Crippen LogP contribution in [0.4, 0.5) is 0 Å². The number of benzene rings is 1. The predicted octanol–water partition coefficient (Wildman–Crippen LogP) is 3.94. The van der Waals surface area contributed by atoms with Gasteiger partial charge in [0.05, 0.1) is 4.90 Å². The van der Waals surface area contributed by atoms with E-state index in [1.165, 1.54) is 5.57 Å². The zero-order chi connectivity index (χ0) is 15.3. The summed E-state index contributed by atoms with van der Waals surface area (Å²) in [6.45, 7) is 4.12. The molecule has 1 aromatic carbocycles. The monoisotopic (exact) mass is 307 g/mol. The molecule has 1 aromatic rings. The van der Waals surface area contributed by atoms with Crippen LogP contribution < -0.4 is 4.72 Å². The van der Waals surface area contributed by atoms with Crippen molar-refractivity contribution >= 4 is 10.0 Å². The van der Waals surface area contributed by atoms with Crippen LogP contribution in [0.3, 0.4) is 0 Å². The van der Waals surface area contributed by atoms with Gasteiger partial charge in [-0.05, 0) is 51.2 Å². The molecule has 1 unspecified atom stereocenters. The van der Waals surface area contributed by atoms with Gasteiger partial charge in [0.15, 0.2) is 0 Å². The summed E-state index contributed by atoms with van der Waals surface area (Å²) in [6.07, 6.45) is 8.50. The van der Waals surface area contributed by atoms with Crippen molar-refractivity contribution in [2.75, 3.05) is 0 Å². The molecular formula is C17H25NO2S. The Bertz CT molecular complexity index is 588. The molecule has 3 nitrogen and oxygen atoms in total. The number of rotatable bonds is 6. The molecule has 0 aromatic heterocycles. The second-order valence-corrected chi connectivity index (χ2v) is 7.51. The lowest BCUT2D eigenvalue weighted by atomic mass is 9.91. The van der Waals surface area contributed by atoms with Crippen LogP contribution in [0, 0.1) is 6.92 Å². The maximum Gasteiger partial charge on any atom is 0.241 e. The summed E-state index contributed by atoms with van der Waals surface area (Å²) in [7, 11) is -3.43. The van der Waals surface area contributed by atoms with Crippen LogP contribution in [0.25, 0.3) is 0 Å². The molecule has 0 saturated carbocycles. The normalized spacial score (nSPS) is 19.3. The minimum absolute atomic E-state index is 0.0309. The van der Waals surface area contributed by atoms with Crippen molar-refractivity contribution in [3.05, 3.63) is 41.5 Å². The van der Waals surface area contributed by atoms with Crippen LogP contribution >= 0.6 is 0 Å². The van der Waals surface area contributed by atoms with Gasteiger partial charge in [-0.2, -0.15) is 0 Å². The molecule has 2 rings (SSSR count). The highest BCUT2D eigenvalue weighted by atomic mass is 32.2. The Morgan fingerprint density at radius 1 is 1.24 bits per heavy atom. The van der Waals surface area contributed by atoms with Crippen molar-refractivity contribution in [3.63, 3.8) is 0 Å². The third-order valence-electron chi connectivity index (χ3n) is 4.00. The highest BCUT2D eigenvalue weighted by Gasteiger charge is 2.24. The fourth-order valence-electron chi connectivity index (χ4n) is 2.70. The number of nitrogens with one attached hydrogen (secondary N) is 1. The average molecular weight is 307 g/mol. The summed E-state index contributed by atoms with van der Waals surface area (Å²) < 4.78 is 27.9. The van der Waals surface area contributed by atoms with E-state index in [2.05, 4.69) is 17.7 Å². The first-order valence-corrected chi connectivity index (χ1v) is 9.29. The molecule has 1 aliphatic rings. The van der Waals surface area contributed by atoms with Gasteiger partial charge in [0, 0.05) is 6.04 Å². The van der Waals surface area contributed by atoms with Crippen molar-refractivity contribution in [3.8, 4) is 0 Å². The summed E-state index contributed by atoms with van der Waals surface area (Å²) in [4.78, 5) is 0.355. The van der Waals surface area contributed by atoms with E-state index in [4.69, 9.17) is 0 Å². The molecule has 21 heavy (non-hydrogen) atoms. The molecule has 1 aliphatic carbocycles. The topological polar surface area (TPSA) is 46.2 Å². The van der Waals surface area contributed by atoms with Gasteiger partial charge in [-0.15, -0.1) is 0 Å². The fourth-order valence-corrected chi connectivity index (χ4v) is 3.98. The van der Waals surface area contributed by atoms with Crippen molar-refractivity contribution in [1.82, 2.24) is 4.72 Å². The van der Waals surface area contributed by atoms with E-state index < -0.39 is 10.0 Å². The Morgan fingerprint density at radius 3 is 2.62 bits per heavy atom. The fraction of sp³-hybridized carbons (Fsp3) is 0.529. The van der Waals surface area contributed by atoms with Crippen molar-refractivity contribution < 1.29 is 8.42 Å². The van der Waals surface area contributed by atoms with Crippen molar-refractivity contribution in [2.45, 2.75) is 63.3 Å². The lowest BCUT2D eigenvalue weighted by Crippen LogP contribution is -2.37. The van der Waals surface area contributed by atoms with Gasteiger partial charge < -0.3 is 0 Å². The summed E-state index contributed by atoms with van der Waals surface area (Å²) in [5, 5.41) is 0. The second-order valence-electron chi connectivity index (χ2n) is 5.80. The number of sulfonamides is 1. The van der Waals surface area contributed by atoms with Gasteiger partial charge in [0.25, 0.3) is 0 Å². The maximum absolute atomic E-state index is 12.5. The van der Waals surface area contributed by atoms with E-state index in [1.807, 2.05) is 19.1 Å². The van der Waals surface area contributed by atoms with Crippen LogP contribution in [-0.4, -0.2) is 14.5 Å². The van der Waals surface area contributed by atoms with Crippen LogP contribution in [0.1, 0.15) is 51.0 Å². The molecule has 0 saturated heterocycles. The summed E-state index contributed by atoms with van der Waals surface area (Å²) >= 11 is 0. The summed E-state index contributed by atoms with van der Waals surface area (Å²) in [5.74, 6) is 0. The minimum Gasteiger partial charge on any atom is -0.207 e. The maximum atomic E-state index is 12.5. The molecule has 1 atom stereocenters. The molecule has 0 heterocycles. The molecule has 116 valence electrons. The Morgan fingerprint density at radius 2 is 1.95 bits per heavy atom. The largest absolute Gasteiger partial charge is 0.241 e. The van der Waals surface area contributed by atoms with E-state index >= 15 is 0 Å². The number of hydrogen-bond donors (Lipinski definition) is 1. The van der Waals surface area contributed by atoms with Crippen molar-refractivity contribution in [1.29, 1.82) is 0 Å².